The first-order valence-corrected chi connectivity index (χ1v) is 14.7. The lowest BCUT2D eigenvalue weighted by molar-refractivity contribution is -0.120. The molecule has 4 aromatic carbocycles. The number of imidazole rings is 1. The van der Waals surface area contributed by atoms with Gasteiger partial charge in [-0.05, 0) is 65.3 Å². The monoisotopic (exact) mass is 545 g/mol. The first-order chi connectivity index (χ1) is 20.1. The number of carbonyl (C=O) groups is 1. The van der Waals surface area contributed by atoms with Gasteiger partial charge in [0.05, 0.1) is 24.1 Å². The van der Waals surface area contributed by atoms with Crippen molar-refractivity contribution >= 4 is 16.9 Å². The highest BCUT2D eigenvalue weighted by atomic mass is 16.5. The van der Waals surface area contributed by atoms with Crippen molar-refractivity contribution in [2.75, 3.05) is 13.2 Å². The number of para-hydroxylation sites is 2. The molecule has 1 unspecified atom stereocenters. The zero-order chi connectivity index (χ0) is 28.4. The van der Waals surface area contributed by atoms with Crippen molar-refractivity contribution in [3.63, 3.8) is 0 Å². The molecular formula is C36H39N3O2. The largest absolute Gasteiger partial charge is 0.494 e. The van der Waals surface area contributed by atoms with Crippen LogP contribution in [0.4, 0.5) is 0 Å². The van der Waals surface area contributed by atoms with Crippen LogP contribution in [-0.4, -0.2) is 28.6 Å². The van der Waals surface area contributed by atoms with Crippen LogP contribution in [0, 0.1) is 0 Å². The van der Waals surface area contributed by atoms with E-state index in [0.717, 1.165) is 53.1 Å². The van der Waals surface area contributed by atoms with Crippen LogP contribution >= 0.6 is 0 Å². The van der Waals surface area contributed by atoms with Gasteiger partial charge in [-0.3, -0.25) is 4.79 Å². The van der Waals surface area contributed by atoms with E-state index >= 15 is 0 Å². The van der Waals surface area contributed by atoms with Crippen molar-refractivity contribution in [1.29, 1.82) is 0 Å². The number of hydrogen-bond acceptors (Lipinski definition) is 3. The molecule has 5 aromatic rings. The highest BCUT2D eigenvalue weighted by Crippen LogP contribution is 2.22. The van der Waals surface area contributed by atoms with Crippen LogP contribution in [0.25, 0.3) is 22.2 Å². The zero-order valence-corrected chi connectivity index (χ0v) is 24.1. The van der Waals surface area contributed by atoms with E-state index in [1.165, 1.54) is 11.1 Å². The van der Waals surface area contributed by atoms with Crippen LogP contribution < -0.4 is 10.1 Å². The van der Waals surface area contributed by atoms with Crippen molar-refractivity contribution < 1.29 is 9.53 Å². The van der Waals surface area contributed by atoms with E-state index in [4.69, 9.17) is 9.72 Å². The summed E-state index contributed by atoms with van der Waals surface area (Å²) in [6.07, 6.45) is 3.03. The van der Waals surface area contributed by atoms with Gasteiger partial charge in [0.1, 0.15) is 11.6 Å². The fraction of sp³-hybridized carbons (Fsp3) is 0.278. The number of aromatic nitrogens is 2. The number of rotatable bonds is 13. The Bertz CT molecular complexity index is 1540. The number of fused-ring (bicyclic) bond motifs is 1. The predicted octanol–water partition coefficient (Wildman–Crippen LogP) is 7.59. The second-order valence-electron chi connectivity index (χ2n) is 10.6. The van der Waals surface area contributed by atoms with E-state index in [1.807, 2.05) is 48.5 Å². The van der Waals surface area contributed by atoms with Crippen LogP contribution in [0.5, 0.6) is 5.75 Å². The quantitative estimate of drug-likeness (QED) is 0.155. The molecule has 0 fully saturated rings. The minimum atomic E-state index is 0.0212. The van der Waals surface area contributed by atoms with E-state index in [1.54, 1.807) is 0 Å². The van der Waals surface area contributed by atoms with Gasteiger partial charge in [0.15, 0.2) is 0 Å². The molecule has 5 rings (SSSR count). The number of ether oxygens (including phenoxy) is 1. The third-order valence-corrected chi connectivity index (χ3v) is 7.69. The Hall–Kier alpha value is -4.38. The summed E-state index contributed by atoms with van der Waals surface area (Å²) >= 11 is 0. The number of nitrogens with zero attached hydrogens (tertiary/aromatic N) is 2. The number of carbonyl (C=O) groups excluding carboxylic acids is 1. The molecule has 0 aliphatic heterocycles. The fourth-order valence-corrected chi connectivity index (χ4v) is 5.11. The Balaban J connectivity index is 1.12. The summed E-state index contributed by atoms with van der Waals surface area (Å²) in [5.41, 5.74) is 6.78. The molecular weight excluding hydrogens is 506 g/mol. The molecule has 1 heterocycles. The van der Waals surface area contributed by atoms with Crippen molar-refractivity contribution in [2.24, 2.45) is 0 Å². The Morgan fingerprint density at radius 3 is 2.34 bits per heavy atom. The standard InChI is InChI=1S/C36H39N3O2/c1-3-27(2)29-18-20-32(21-19-29)41-25-9-24-39-34-13-8-7-12-33(34)38-35(39)22-23-37-36(40)26-28-14-16-31(17-15-28)30-10-5-4-6-11-30/h4-8,10-21,27H,3,9,22-26H2,1-2H3,(H,37,40). The molecule has 0 aliphatic carbocycles. The molecule has 0 saturated heterocycles. The maximum absolute atomic E-state index is 12.7. The van der Waals surface area contributed by atoms with Gasteiger partial charge < -0.3 is 14.6 Å². The lowest BCUT2D eigenvalue weighted by Gasteiger charge is -2.12. The minimum absolute atomic E-state index is 0.0212. The van der Waals surface area contributed by atoms with Gasteiger partial charge >= 0.3 is 0 Å². The highest BCUT2D eigenvalue weighted by Gasteiger charge is 2.12. The normalized spacial score (nSPS) is 11.9. The molecule has 0 bridgehead atoms. The van der Waals surface area contributed by atoms with Gasteiger partial charge in [-0.2, -0.15) is 0 Å². The summed E-state index contributed by atoms with van der Waals surface area (Å²) in [4.78, 5) is 17.6. The van der Waals surface area contributed by atoms with Crippen LogP contribution in [0.2, 0.25) is 0 Å². The Morgan fingerprint density at radius 1 is 0.878 bits per heavy atom. The Kier molecular flexibility index (Phi) is 9.48. The van der Waals surface area contributed by atoms with Crippen LogP contribution in [0.3, 0.4) is 0 Å². The minimum Gasteiger partial charge on any atom is -0.494 e. The second-order valence-corrected chi connectivity index (χ2v) is 10.6. The molecule has 1 N–H and O–H groups in total. The van der Waals surface area contributed by atoms with Crippen LogP contribution in [-0.2, 0) is 24.2 Å². The first kappa shape index (κ1) is 28.2. The van der Waals surface area contributed by atoms with Gasteiger partial charge in [-0.25, -0.2) is 4.98 Å². The molecule has 5 heteroatoms. The number of nitrogens with one attached hydrogen (secondary N) is 1. The number of hydrogen-bond donors (Lipinski definition) is 1. The summed E-state index contributed by atoms with van der Waals surface area (Å²) in [5, 5.41) is 3.09. The molecule has 0 radical (unpaired) electrons. The van der Waals surface area contributed by atoms with Crippen LogP contribution in [0.1, 0.15) is 49.6 Å². The number of aryl methyl sites for hydroxylation is 1. The molecule has 1 amide bonds. The van der Waals surface area contributed by atoms with Gasteiger partial charge in [0.25, 0.3) is 0 Å². The Labute approximate surface area is 243 Å². The molecule has 210 valence electrons. The molecule has 1 aromatic heterocycles. The summed E-state index contributed by atoms with van der Waals surface area (Å²) in [5.74, 6) is 2.47. The fourth-order valence-electron chi connectivity index (χ4n) is 5.11. The lowest BCUT2D eigenvalue weighted by Crippen LogP contribution is -2.28. The SMILES string of the molecule is CCC(C)c1ccc(OCCCn2c(CCNC(=O)Cc3ccc(-c4ccccc4)cc3)nc3ccccc32)cc1. The average Bonchev–Trinajstić information content (AvgIpc) is 3.37. The molecule has 1 atom stereocenters. The van der Waals surface area contributed by atoms with Gasteiger partial charge in [0, 0.05) is 19.5 Å². The Morgan fingerprint density at radius 2 is 1.59 bits per heavy atom. The molecule has 0 aliphatic rings. The molecule has 0 spiro atoms. The summed E-state index contributed by atoms with van der Waals surface area (Å²) in [6.45, 7) is 6.45. The highest BCUT2D eigenvalue weighted by molar-refractivity contribution is 5.79. The van der Waals surface area contributed by atoms with E-state index in [0.29, 0.717) is 31.9 Å². The van der Waals surface area contributed by atoms with E-state index in [2.05, 4.69) is 78.3 Å². The first-order valence-electron chi connectivity index (χ1n) is 14.7. The molecule has 0 saturated carbocycles. The lowest BCUT2D eigenvalue weighted by atomic mass is 9.99. The van der Waals surface area contributed by atoms with E-state index < -0.39 is 0 Å². The van der Waals surface area contributed by atoms with Crippen LogP contribution in [0.15, 0.2) is 103 Å². The number of benzene rings is 4. The van der Waals surface area contributed by atoms with Crippen molar-refractivity contribution in [3.8, 4) is 16.9 Å². The third kappa shape index (κ3) is 7.43. The smallest absolute Gasteiger partial charge is 0.224 e. The van der Waals surface area contributed by atoms with Crippen molar-refractivity contribution in [1.82, 2.24) is 14.9 Å². The predicted molar refractivity (Wildman–Crippen MR) is 167 cm³/mol. The third-order valence-electron chi connectivity index (χ3n) is 7.69. The zero-order valence-electron chi connectivity index (χ0n) is 24.1. The van der Waals surface area contributed by atoms with Crippen molar-refractivity contribution in [3.05, 3.63) is 120 Å². The summed E-state index contributed by atoms with van der Waals surface area (Å²) < 4.78 is 8.30. The average molecular weight is 546 g/mol. The maximum Gasteiger partial charge on any atom is 0.224 e. The number of amides is 1. The molecule has 41 heavy (non-hydrogen) atoms. The van der Waals surface area contributed by atoms with E-state index in [9.17, 15) is 4.79 Å². The maximum atomic E-state index is 12.7. The van der Waals surface area contributed by atoms with Gasteiger partial charge in [0.2, 0.25) is 5.91 Å². The topological polar surface area (TPSA) is 56.1 Å². The summed E-state index contributed by atoms with van der Waals surface area (Å²) in [7, 11) is 0. The molecule has 5 nitrogen and oxygen atoms in total. The summed E-state index contributed by atoms with van der Waals surface area (Å²) in [6, 6.07) is 35.2. The second kappa shape index (κ2) is 13.8. The van der Waals surface area contributed by atoms with Gasteiger partial charge in [-0.1, -0.05) is 92.7 Å². The van der Waals surface area contributed by atoms with Gasteiger partial charge in [-0.15, -0.1) is 0 Å². The van der Waals surface area contributed by atoms with Crippen molar-refractivity contribution in [2.45, 2.75) is 52.0 Å². The van der Waals surface area contributed by atoms with E-state index in [-0.39, 0.29) is 5.91 Å².